The third kappa shape index (κ3) is 4.45. The minimum absolute atomic E-state index is 0.0378. The van der Waals surface area contributed by atoms with Crippen molar-refractivity contribution < 1.29 is 9.21 Å². The fourth-order valence-corrected chi connectivity index (χ4v) is 7.55. The maximum atomic E-state index is 13.9. The van der Waals surface area contributed by atoms with Crippen LogP contribution in [0.5, 0.6) is 0 Å². The summed E-state index contributed by atoms with van der Waals surface area (Å²) in [4.78, 5) is 16.1. The highest BCUT2D eigenvalue weighted by atomic mass is 32.2. The highest BCUT2D eigenvalue weighted by molar-refractivity contribution is 8.18. The zero-order chi connectivity index (χ0) is 28.9. The summed E-state index contributed by atoms with van der Waals surface area (Å²) in [6.45, 7) is 7.34. The SMILES string of the molecule is CC12CCC(C/C1=N\N=C1\S/C(=C\c3cn(-c4ccccc4)nc3-c3ccccc3)C(=O)N1Cc1ccco1)C2(C)C. The zero-order valence-corrected chi connectivity index (χ0v) is 24.8. The van der Waals surface area contributed by atoms with E-state index in [1.165, 1.54) is 18.2 Å². The van der Waals surface area contributed by atoms with Crippen LogP contribution in [0.15, 0.2) is 105 Å². The summed E-state index contributed by atoms with van der Waals surface area (Å²) in [5.74, 6) is 1.20. The lowest BCUT2D eigenvalue weighted by Crippen LogP contribution is -2.32. The van der Waals surface area contributed by atoms with Crippen molar-refractivity contribution in [2.75, 3.05) is 0 Å². The monoisotopic (exact) mass is 575 g/mol. The number of rotatable bonds is 6. The van der Waals surface area contributed by atoms with Gasteiger partial charge in [0, 0.05) is 28.5 Å². The lowest BCUT2D eigenvalue weighted by Gasteiger charge is -2.34. The standard InChI is InChI=1S/C34H33N5O2S/c1-33(2)25-16-17-34(33,3)29(20-25)35-36-32-38(22-27-15-10-18-41-27)31(40)28(42-32)19-24-21-39(26-13-8-5-9-14-26)37-30(24)23-11-6-4-7-12-23/h4-15,18-19,21,25H,16-17,20,22H2,1-3H3/b28-19-,35-29+,36-32+. The Balaban J connectivity index is 1.28. The first-order valence-corrected chi connectivity index (χ1v) is 15.2. The number of benzene rings is 2. The third-order valence-electron chi connectivity index (χ3n) is 9.65. The van der Waals surface area contributed by atoms with Gasteiger partial charge in [-0.2, -0.15) is 10.2 Å². The molecule has 2 aromatic carbocycles. The predicted molar refractivity (Wildman–Crippen MR) is 168 cm³/mol. The summed E-state index contributed by atoms with van der Waals surface area (Å²) >= 11 is 1.36. The first kappa shape index (κ1) is 26.7. The first-order valence-electron chi connectivity index (χ1n) is 14.4. The minimum Gasteiger partial charge on any atom is -0.467 e. The van der Waals surface area contributed by atoms with E-state index < -0.39 is 0 Å². The molecule has 42 heavy (non-hydrogen) atoms. The van der Waals surface area contributed by atoms with Gasteiger partial charge in [0.1, 0.15) is 5.76 Å². The number of nitrogens with zero attached hydrogens (tertiary/aromatic N) is 5. The van der Waals surface area contributed by atoms with Crippen LogP contribution >= 0.6 is 11.8 Å². The summed E-state index contributed by atoms with van der Waals surface area (Å²) in [7, 11) is 0. The van der Waals surface area contributed by atoms with E-state index in [0.717, 1.165) is 41.1 Å². The molecule has 1 aliphatic heterocycles. The Labute approximate surface area is 250 Å². The molecule has 2 aromatic heterocycles. The van der Waals surface area contributed by atoms with Crippen LogP contribution < -0.4 is 0 Å². The molecule has 0 radical (unpaired) electrons. The van der Waals surface area contributed by atoms with Gasteiger partial charge < -0.3 is 4.42 Å². The largest absolute Gasteiger partial charge is 0.467 e. The Morgan fingerprint density at radius 3 is 2.45 bits per heavy atom. The number of amides is 1. The number of hydrogen-bond acceptors (Lipinski definition) is 6. The maximum Gasteiger partial charge on any atom is 0.267 e. The van der Waals surface area contributed by atoms with Crippen molar-refractivity contribution in [2.45, 2.75) is 46.6 Å². The molecule has 8 heteroatoms. The molecule has 3 aliphatic rings. The molecular formula is C34H33N5O2S. The van der Waals surface area contributed by atoms with Crippen molar-refractivity contribution in [1.29, 1.82) is 0 Å². The molecule has 2 bridgehead atoms. The van der Waals surface area contributed by atoms with E-state index in [1.54, 1.807) is 11.2 Å². The smallest absolute Gasteiger partial charge is 0.267 e. The number of furan rings is 1. The number of para-hydroxylation sites is 1. The van der Waals surface area contributed by atoms with Gasteiger partial charge in [-0.15, -0.1) is 5.10 Å². The molecule has 7 nitrogen and oxygen atoms in total. The van der Waals surface area contributed by atoms with E-state index in [-0.39, 0.29) is 16.7 Å². The van der Waals surface area contributed by atoms with E-state index in [9.17, 15) is 4.79 Å². The Morgan fingerprint density at radius 2 is 1.79 bits per heavy atom. The quantitative estimate of drug-likeness (QED) is 0.174. The molecule has 1 amide bonds. The van der Waals surface area contributed by atoms with E-state index in [0.29, 0.717) is 28.3 Å². The van der Waals surface area contributed by atoms with Crippen LogP contribution in [-0.2, 0) is 11.3 Å². The van der Waals surface area contributed by atoms with Crippen molar-refractivity contribution >= 4 is 34.6 Å². The van der Waals surface area contributed by atoms with Crippen LogP contribution in [0.4, 0.5) is 0 Å². The molecule has 212 valence electrons. The number of aromatic nitrogens is 2. The minimum atomic E-state index is -0.124. The van der Waals surface area contributed by atoms with Gasteiger partial charge in [0.15, 0.2) is 5.17 Å². The van der Waals surface area contributed by atoms with E-state index in [1.807, 2.05) is 89.8 Å². The van der Waals surface area contributed by atoms with Gasteiger partial charge in [-0.3, -0.25) is 9.69 Å². The average Bonchev–Trinajstić information content (AvgIpc) is 3.80. The lowest BCUT2D eigenvalue weighted by atomic mass is 9.70. The molecule has 2 unspecified atom stereocenters. The topological polar surface area (TPSA) is 76.0 Å². The van der Waals surface area contributed by atoms with E-state index in [4.69, 9.17) is 19.7 Å². The van der Waals surface area contributed by atoms with Gasteiger partial charge >= 0.3 is 0 Å². The van der Waals surface area contributed by atoms with Crippen LogP contribution in [0.25, 0.3) is 23.0 Å². The molecule has 1 saturated heterocycles. The van der Waals surface area contributed by atoms with Gasteiger partial charge in [-0.1, -0.05) is 69.3 Å². The second-order valence-electron chi connectivity index (χ2n) is 12.1. The fraction of sp³-hybridized carbons (Fsp3) is 0.294. The van der Waals surface area contributed by atoms with Crippen LogP contribution in [0.3, 0.4) is 0 Å². The highest BCUT2D eigenvalue weighted by Crippen LogP contribution is 2.64. The lowest BCUT2D eigenvalue weighted by molar-refractivity contribution is -0.122. The molecule has 3 heterocycles. The molecule has 2 saturated carbocycles. The van der Waals surface area contributed by atoms with Crippen molar-refractivity contribution in [3.05, 3.63) is 101 Å². The number of fused-ring (bicyclic) bond motifs is 2. The van der Waals surface area contributed by atoms with Gasteiger partial charge in [0.25, 0.3) is 5.91 Å². The normalized spacial score (nSPS) is 25.9. The zero-order valence-electron chi connectivity index (χ0n) is 24.0. The maximum absolute atomic E-state index is 13.9. The molecule has 0 N–H and O–H groups in total. The van der Waals surface area contributed by atoms with Crippen LogP contribution in [-0.4, -0.2) is 31.5 Å². The molecule has 2 aliphatic carbocycles. The molecule has 2 atom stereocenters. The van der Waals surface area contributed by atoms with Crippen molar-refractivity contribution in [3.63, 3.8) is 0 Å². The van der Waals surface area contributed by atoms with Crippen LogP contribution in [0.1, 0.15) is 51.4 Å². The van der Waals surface area contributed by atoms with E-state index >= 15 is 0 Å². The average molecular weight is 576 g/mol. The van der Waals surface area contributed by atoms with E-state index in [2.05, 4.69) is 20.8 Å². The second kappa shape index (κ2) is 10.3. The van der Waals surface area contributed by atoms with Gasteiger partial charge in [0.2, 0.25) is 0 Å². The molecule has 4 aromatic rings. The Bertz CT molecular complexity index is 1720. The molecule has 3 fully saturated rings. The highest BCUT2D eigenvalue weighted by Gasteiger charge is 2.60. The second-order valence-corrected chi connectivity index (χ2v) is 13.1. The van der Waals surface area contributed by atoms with Gasteiger partial charge in [-0.05, 0) is 72.7 Å². The summed E-state index contributed by atoms with van der Waals surface area (Å²) < 4.78 is 7.47. The number of thioether (sulfide) groups is 1. The van der Waals surface area contributed by atoms with Crippen molar-refractivity contribution in [2.24, 2.45) is 27.0 Å². The molecule has 7 rings (SSSR count). The number of carbonyl (C=O) groups is 1. The fourth-order valence-electron chi connectivity index (χ4n) is 6.63. The first-order chi connectivity index (χ1) is 20.3. The van der Waals surface area contributed by atoms with Crippen molar-refractivity contribution in [3.8, 4) is 16.9 Å². The Morgan fingerprint density at radius 1 is 1.02 bits per heavy atom. The van der Waals surface area contributed by atoms with Gasteiger partial charge in [0.05, 0.1) is 29.1 Å². The predicted octanol–water partition coefficient (Wildman–Crippen LogP) is 7.81. The number of carbonyl (C=O) groups excluding carboxylic acids is 1. The third-order valence-corrected chi connectivity index (χ3v) is 10.6. The Kier molecular flexibility index (Phi) is 6.54. The van der Waals surface area contributed by atoms with Gasteiger partial charge in [-0.25, -0.2) is 4.68 Å². The summed E-state index contributed by atoms with van der Waals surface area (Å²) in [6, 6.07) is 23.7. The van der Waals surface area contributed by atoms with Crippen LogP contribution in [0, 0.1) is 16.7 Å². The van der Waals surface area contributed by atoms with Crippen LogP contribution in [0.2, 0.25) is 0 Å². The summed E-state index contributed by atoms with van der Waals surface area (Å²) in [5.41, 5.74) is 4.98. The summed E-state index contributed by atoms with van der Waals surface area (Å²) in [6.07, 6.45) is 8.87. The number of amidine groups is 1. The molecular weight excluding hydrogens is 542 g/mol. The number of hydrogen-bond donors (Lipinski definition) is 0. The molecule has 0 spiro atoms. The summed E-state index contributed by atoms with van der Waals surface area (Å²) in [5, 5.41) is 15.1. The Hall–Kier alpha value is -4.17. The van der Waals surface area contributed by atoms with Crippen molar-refractivity contribution in [1.82, 2.24) is 14.7 Å².